The number of nitrogens with one attached hydrogen (secondary N) is 3. The molecule has 1 saturated heterocycles. The first-order valence-electron chi connectivity index (χ1n) is 16.0. The van der Waals surface area contributed by atoms with Gasteiger partial charge < -0.3 is 25.8 Å². The summed E-state index contributed by atoms with van der Waals surface area (Å²) >= 11 is 7.77. The van der Waals surface area contributed by atoms with Gasteiger partial charge in [-0.15, -0.1) is 11.8 Å². The average molecular weight is 681 g/mol. The number of carbonyl (C=O) groups is 2. The van der Waals surface area contributed by atoms with Crippen LogP contribution in [0.1, 0.15) is 29.0 Å². The van der Waals surface area contributed by atoms with Crippen molar-refractivity contribution in [3.8, 4) is 0 Å². The van der Waals surface area contributed by atoms with E-state index in [0.29, 0.717) is 12.1 Å². The lowest BCUT2D eigenvalue weighted by molar-refractivity contribution is -0.118. The number of aryl methyl sites for hydroxylation is 1. The van der Waals surface area contributed by atoms with Gasteiger partial charge in [-0.25, -0.2) is 4.79 Å². The molecule has 10 heteroatoms. The molecule has 1 aliphatic rings. The van der Waals surface area contributed by atoms with E-state index in [0.717, 1.165) is 62.8 Å². The van der Waals surface area contributed by atoms with Gasteiger partial charge in [0.05, 0.1) is 17.7 Å². The van der Waals surface area contributed by atoms with E-state index in [2.05, 4.69) is 20.9 Å². The van der Waals surface area contributed by atoms with Crippen molar-refractivity contribution in [1.29, 1.82) is 0 Å². The number of carboxylic acid groups (broad SMARTS) is 1. The van der Waals surface area contributed by atoms with Crippen molar-refractivity contribution in [2.75, 3.05) is 24.2 Å². The van der Waals surface area contributed by atoms with Crippen molar-refractivity contribution in [2.45, 2.75) is 41.9 Å². The highest BCUT2D eigenvalue weighted by Gasteiger charge is 2.34. The molecule has 2 amide bonds. The first kappa shape index (κ1) is 33.5. The van der Waals surface area contributed by atoms with Crippen LogP contribution in [0.25, 0.3) is 10.9 Å². The summed E-state index contributed by atoms with van der Waals surface area (Å²) in [4.78, 5) is 32.0. The largest absolute Gasteiger partial charge is 0.465 e. The SMILES string of the molecule is O=C(O)NC(C(=O)Nc1ccccc1CC[C@@H]1CNC[C@@H](CSc2ccc(Cl)cc2)O1)C(c1ccccc1)c1ccnc2ccccc12. The van der Waals surface area contributed by atoms with Gasteiger partial charge in [-0.2, -0.15) is 0 Å². The number of halogens is 1. The second kappa shape index (κ2) is 16.1. The number of para-hydroxylation sites is 2. The molecule has 246 valence electrons. The fraction of sp³-hybridized carbons (Fsp3) is 0.237. The molecule has 0 spiro atoms. The third-order valence-electron chi connectivity index (χ3n) is 8.46. The summed E-state index contributed by atoms with van der Waals surface area (Å²) in [6.07, 6.45) is 1.93. The predicted molar refractivity (Wildman–Crippen MR) is 192 cm³/mol. The zero-order chi connectivity index (χ0) is 33.3. The predicted octanol–water partition coefficient (Wildman–Crippen LogP) is 7.38. The molecular formula is C38H37ClN4O4S. The smallest absolute Gasteiger partial charge is 0.405 e. The molecular weight excluding hydrogens is 644 g/mol. The van der Waals surface area contributed by atoms with Crippen LogP contribution in [0, 0.1) is 0 Å². The van der Waals surface area contributed by atoms with Gasteiger partial charge in [-0.3, -0.25) is 9.78 Å². The Kier molecular flexibility index (Phi) is 11.3. The van der Waals surface area contributed by atoms with E-state index in [1.807, 2.05) is 109 Å². The minimum absolute atomic E-state index is 0.0159. The van der Waals surface area contributed by atoms with Crippen molar-refractivity contribution in [3.05, 3.63) is 137 Å². The van der Waals surface area contributed by atoms with Crippen LogP contribution >= 0.6 is 23.4 Å². The number of ether oxygens (including phenoxy) is 1. The zero-order valence-corrected chi connectivity index (χ0v) is 27.8. The highest BCUT2D eigenvalue weighted by molar-refractivity contribution is 7.99. The molecule has 0 bridgehead atoms. The molecule has 6 rings (SSSR count). The topological polar surface area (TPSA) is 113 Å². The molecule has 2 heterocycles. The third kappa shape index (κ3) is 8.54. The van der Waals surface area contributed by atoms with E-state index >= 15 is 0 Å². The number of aromatic nitrogens is 1. The molecule has 4 N–H and O–H groups in total. The summed E-state index contributed by atoms with van der Waals surface area (Å²) in [7, 11) is 0. The molecule has 4 aromatic carbocycles. The number of fused-ring (bicyclic) bond motifs is 1. The van der Waals surface area contributed by atoms with Crippen LogP contribution in [-0.4, -0.2) is 59.2 Å². The van der Waals surface area contributed by atoms with Crippen LogP contribution in [-0.2, 0) is 16.0 Å². The molecule has 2 unspecified atom stereocenters. The first-order valence-corrected chi connectivity index (χ1v) is 17.3. The molecule has 1 aromatic heterocycles. The maximum Gasteiger partial charge on any atom is 0.405 e. The number of amides is 2. The Hall–Kier alpha value is -4.41. The van der Waals surface area contributed by atoms with Crippen LogP contribution < -0.4 is 16.0 Å². The zero-order valence-electron chi connectivity index (χ0n) is 26.2. The van der Waals surface area contributed by atoms with Gasteiger partial charge in [0.2, 0.25) is 5.91 Å². The lowest BCUT2D eigenvalue weighted by Crippen LogP contribution is -2.47. The normalized spacial score (nSPS) is 17.4. The summed E-state index contributed by atoms with van der Waals surface area (Å²) in [5.41, 5.74) is 3.97. The summed E-state index contributed by atoms with van der Waals surface area (Å²) < 4.78 is 6.44. The molecule has 8 nitrogen and oxygen atoms in total. The minimum Gasteiger partial charge on any atom is -0.465 e. The number of hydrogen-bond donors (Lipinski definition) is 4. The van der Waals surface area contributed by atoms with Gasteiger partial charge in [0.15, 0.2) is 0 Å². The van der Waals surface area contributed by atoms with Crippen LogP contribution in [0.3, 0.4) is 0 Å². The second-order valence-corrected chi connectivity index (χ2v) is 13.3. The number of thioether (sulfide) groups is 1. The Morgan fingerprint density at radius 2 is 1.65 bits per heavy atom. The first-order chi connectivity index (χ1) is 23.4. The van der Waals surface area contributed by atoms with Gasteiger partial charge in [0.25, 0.3) is 0 Å². The molecule has 4 atom stereocenters. The lowest BCUT2D eigenvalue weighted by Gasteiger charge is -2.31. The number of anilines is 1. The van der Waals surface area contributed by atoms with Crippen molar-refractivity contribution in [1.82, 2.24) is 15.6 Å². The second-order valence-electron chi connectivity index (χ2n) is 11.7. The van der Waals surface area contributed by atoms with Crippen LogP contribution in [0.15, 0.2) is 120 Å². The monoisotopic (exact) mass is 680 g/mol. The fourth-order valence-corrected chi connectivity index (χ4v) is 7.21. The minimum atomic E-state index is -1.28. The number of rotatable bonds is 12. The molecule has 0 radical (unpaired) electrons. The summed E-state index contributed by atoms with van der Waals surface area (Å²) in [5.74, 6) is -0.244. The molecule has 1 aliphatic heterocycles. The maximum absolute atomic E-state index is 14.2. The Morgan fingerprint density at radius 1 is 0.917 bits per heavy atom. The molecule has 0 aliphatic carbocycles. The third-order valence-corrected chi connectivity index (χ3v) is 9.86. The van der Waals surface area contributed by atoms with Gasteiger partial charge in [0, 0.05) is 51.9 Å². The Bertz CT molecular complexity index is 1840. The van der Waals surface area contributed by atoms with E-state index in [1.165, 1.54) is 0 Å². The highest BCUT2D eigenvalue weighted by atomic mass is 35.5. The highest BCUT2D eigenvalue weighted by Crippen LogP contribution is 2.34. The van der Waals surface area contributed by atoms with Crippen molar-refractivity contribution < 1.29 is 19.4 Å². The standard InChI is InChI=1S/C38H37ClN4O4S/c39-27-15-18-30(19-16-27)48-24-29-23-40-22-28(47-29)17-14-25-8-4-6-12-33(25)42-37(44)36(43-38(45)46)35(26-9-2-1-3-10-26)32-20-21-41-34-13-7-5-11-31(32)34/h1-13,15-16,18-21,28-29,35-36,40,43H,14,17,22-24H2,(H,42,44)(H,45,46)/t28-,29+,35?,36?/m1/s1. The van der Waals surface area contributed by atoms with Crippen LogP contribution in [0.4, 0.5) is 10.5 Å². The summed E-state index contributed by atoms with van der Waals surface area (Å²) in [5, 5.41) is 20.6. The van der Waals surface area contributed by atoms with E-state index in [1.54, 1.807) is 18.0 Å². The van der Waals surface area contributed by atoms with E-state index in [4.69, 9.17) is 16.3 Å². The average Bonchev–Trinajstić information content (AvgIpc) is 3.11. The number of hydrogen-bond acceptors (Lipinski definition) is 6. The van der Waals surface area contributed by atoms with Gasteiger partial charge in [-0.05, 0) is 72.0 Å². The maximum atomic E-state index is 14.2. The van der Waals surface area contributed by atoms with Crippen molar-refractivity contribution in [2.24, 2.45) is 0 Å². The van der Waals surface area contributed by atoms with E-state index < -0.39 is 24.0 Å². The van der Waals surface area contributed by atoms with Gasteiger partial charge in [0.1, 0.15) is 6.04 Å². The number of carbonyl (C=O) groups excluding carboxylic acids is 1. The quantitative estimate of drug-likeness (QED) is 0.102. The van der Waals surface area contributed by atoms with Crippen LogP contribution in [0.2, 0.25) is 5.02 Å². The van der Waals surface area contributed by atoms with Gasteiger partial charge >= 0.3 is 6.09 Å². The molecule has 0 saturated carbocycles. The Labute approximate surface area is 289 Å². The Morgan fingerprint density at radius 3 is 2.46 bits per heavy atom. The Balaban J connectivity index is 1.18. The number of pyridine rings is 1. The molecule has 48 heavy (non-hydrogen) atoms. The summed E-state index contributed by atoms with van der Waals surface area (Å²) in [6, 6.07) is 33.4. The van der Waals surface area contributed by atoms with Crippen molar-refractivity contribution >= 4 is 52.0 Å². The van der Waals surface area contributed by atoms with E-state index in [9.17, 15) is 14.7 Å². The fourth-order valence-electron chi connectivity index (χ4n) is 6.18. The lowest BCUT2D eigenvalue weighted by atomic mass is 9.83. The van der Waals surface area contributed by atoms with E-state index in [-0.39, 0.29) is 12.2 Å². The van der Waals surface area contributed by atoms with Crippen molar-refractivity contribution in [3.63, 3.8) is 0 Å². The molecule has 1 fully saturated rings. The van der Waals surface area contributed by atoms with Gasteiger partial charge in [-0.1, -0.05) is 78.3 Å². The number of morpholine rings is 1. The number of nitrogens with zero attached hydrogens (tertiary/aromatic N) is 1. The summed E-state index contributed by atoms with van der Waals surface area (Å²) in [6.45, 7) is 1.54. The van der Waals surface area contributed by atoms with Crippen LogP contribution in [0.5, 0.6) is 0 Å². The number of benzene rings is 4. The molecule has 5 aromatic rings.